The van der Waals surface area contributed by atoms with Crippen LogP contribution in [0.1, 0.15) is 19.4 Å². The molecule has 2 N–H and O–H groups in total. The van der Waals surface area contributed by atoms with Gasteiger partial charge >= 0.3 is 0 Å². The van der Waals surface area contributed by atoms with Gasteiger partial charge in [-0.2, -0.15) is 0 Å². The maximum absolute atomic E-state index is 13.8. The van der Waals surface area contributed by atoms with Crippen LogP contribution in [0.15, 0.2) is 30.3 Å². The van der Waals surface area contributed by atoms with Crippen LogP contribution in [0.4, 0.5) is 23.2 Å². The Morgan fingerprint density at radius 3 is 2.41 bits per heavy atom. The SMILES string of the molecule is CC[NH+](Cc1ccc(OC)c(F)c1)[C@@H](C)C(=O)Nc1ccc(F)c(F)c1F. The van der Waals surface area contributed by atoms with Crippen LogP contribution in [0.5, 0.6) is 5.75 Å². The van der Waals surface area contributed by atoms with Gasteiger partial charge in [0.15, 0.2) is 35.1 Å². The Morgan fingerprint density at radius 1 is 1.11 bits per heavy atom. The van der Waals surface area contributed by atoms with E-state index in [9.17, 15) is 22.4 Å². The summed E-state index contributed by atoms with van der Waals surface area (Å²) in [4.78, 5) is 13.2. The van der Waals surface area contributed by atoms with E-state index < -0.39 is 40.9 Å². The molecular formula is C19H21F4N2O2+. The van der Waals surface area contributed by atoms with Crippen LogP contribution < -0.4 is 15.0 Å². The Kier molecular flexibility index (Phi) is 6.79. The molecule has 0 bridgehead atoms. The minimum absolute atomic E-state index is 0.122. The van der Waals surface area contributed by atoms with E-state index in [1.54, 1.807) is 13.0 Å². The third kappa shape index (κ3) is 4.77. The fourth-order valence-electron chi connectivity index (χ4n) is 2.72. The maximum Gasteiger partial charge on any atom is 0.282 e. The lowest BCUT2D eigenvalue weighted by Crippen LogP contribution is -3.15. The fraction of sp³-hybridized carbons (Fsp3) is 0.316. The Hall–Kier alpha value is -2.61. The molecule has 0 aromatic heterocycles. The third-order valence-corrected chi connectivity index (χ3v) is 4.40. The summed E-state index contributed by atoms with van der Waals surface area (Å²) in [6.45, 7) is 4.33. The van der Waals surface area contributed by atoms with Crippen LogP contribution in [0.2, 0.25) is 0 Å². The van der Waals surface area contributed by atoms with Crippen LogP contribution in [-0.4, -0.2) is 25.6 Å². The van der Waals surface area contributed by atoms with E-state index in [1.807, 2.05) is 6.92 Å². The highest BCUT2D eigenvalue weighted by Crippen LogP contribution is 2.20. The highest BCUT2D eigenvalue weighted by molar-refractivity contribution is 5.93. The quantitative estimate of drug-likeness (QED) is 0.569. The predicted molar refractivity (Wildman–Crippen MR) is 92.6 cm³/mol. The van der Waals surface area contributed by atoms with Crippen molar-refractivity contribution in [1.82, 2.24) is 0 Å². The highest BCUT2D eigenvalue weighted by Gasteiger charge is 2.26. The van der Waals surface area contributed by atoms with Gasteiger partial charge in [-0.15, -0.1) is 0 Å². The Labute approximate surface area is 154 Å². The number of amides is 1. The molecule has 0 spiro atoms. The van der Waals surface area contributed by atoms with Crippen LogP contribution in [0, 0.1) is 23.3 Å². The molecule has 2 aromatic carbocycles. The van der Waals surface area contributed by atoms with Crippen molar-refractivity contribution in [3.8, 4) is 5.75 Å². The number of nitrogens with one attached hydrogen (secondary N) is 2. The van der Waals surface area contributed by atoms with E-state index in [-0.39, 0.29) is 5.75 Å². The van der Waals surface area contributed by atoms with Crippen molar-refractivity contribution < 1.29 is 32.0 Å². The molecule has 0 fully saturated rings. The van der Waals surface area contributed by atoms with Gasteiger partial charge in [0.05, 0.1) is 19.3 Å². The van der Waals surface area contributed by atoms with E-state index in [4.69, 9.17) is 4.74 Å². The van der Waals surface area contributed by atoms with Crippen molar-refractivity contribution in [1.29, 1.82) is 0 Å². The maximum atomic E-state index is 13.8. The number of ether oxygens (including phenoxy) is 1. The van der Waals surface area contributed by atoms with Gasteiger partial charge < -0.3 is 15.0 Å². The second-order valence-electron chi connectivity index (χ2n) is 6.09. The number of carbonyl (C=O) groups excluding carboxylic acids is 1. The van der Waals surface area contributed by atoms with Crippen LogP contribution in [0.25, 0.3) is 0 Å². The van der Waals surface area contributed by atoms with Gasteiger partial charge in [-0.05, 0) is 44.2 Å². The van der Waals surface area contributed by atoms with Gasteiger partial charge in [0.2, 0.25) is 0 Å². The van der Waals surface area contributed by atoms with E-state index in [0.29, 0.717) is 18.7 Å². The standard InChI is InChI=1S/C19H20F4N2O2/c1-4-25(10-12-5-8-16(27-3)14(21)9-12)11(2)19(26)24-15-7-6-13(20)17(22)18(15)23/h5-9,11H,4,10H2,1-3H3,(H,24,26)/p+1/t11-/m0/s1. The first-order chi connectivity index (χ1) is 12.8. The molecule has 0 aliphatic rings. The van der Waals surface area contributed by atoms with E-state index in [2.05, 4.69) is 5.32 Å². The molecule has 8 heteroatoms. The molecule has 146 valence electrons. The van der Waals surface area contributed by atoms with Crippen molar-refractivity contribution >= 4 is 11.6 Å². The molecule has 4 nitrogen and oxygen atoms in total. The molecule has 0 saturated carbocycles. The Balaban J connectivity index is 2.11. The van der Waals surface area contributed by atoms with Gasteiger partial charge in [0.25, 0.3) is 5.91 Å². The summed E-state index contributed by atoms with van der Waals surface area (Å²) in [7, 11) is 1.37. The van der Waals surface area contributed by atoms with E-state index in [0.717, 1.165) is 17.0 Å². The number of benzene rings is 2. The largest absolute Gasteiger partial charge is 0.494 e. The molecule has 0 aliphatic carbocycles. The average molecular weight is 385 g/mol. The number of quaternary nitrogens is 1. The number of carbonyl (C=O) groups is 1. The van der Waals surface area contributed by atoms with Crippen LogP contribution in [-0.2, 0) is 11.3 Å². The van der Waals surface area contributed by atoms with Crippen LogP contribution >= 0.6 is 0 Å². The molecule has 0 heterocycles. The molecular weight excluding hydrogens is 364 g/mol. The summed E-state index contributed by atoms with van der Waals surface area (Å²) in [6, 6.07) is 5.57. The normalized spacial score (nSPS) is 13.1. The topological polar surface area (TPSA) is 42.8 Å². The zero-order valence-electron chi connectivity index (χ0n) is 15.2. The molecule has 2 aromatic rings. The summed E-state index contributed by atoms with van der Waals surface area (Å²) in [6.07, 6.45) is 0. The third-order valence-electron chi connectivity index (χ3n) is 4.40. The first-order valence-corrected chi connectivity index (χ1v) is 8.39. The van der Waals surface area contributed by atoms with Gasteiger partial charge in [-0.25, -0.2) is 17.6 Å². The average Bonchev–Trinajstić information content (AvgIpc) is 2.66. The minimum atomic E-state index is -1.64. The highest BCUT2D eigenvalue weighted by atomic mass is 19.2. The number of anilines is 1. The second-order valence-corrected chi connectivity index (χ2v) is 6.09. The summed E-state index contributed by atoms with van der Waals surface area (Å²) in [5, 5.41) is 2.27. The summed E-state index contributed by atoms with van der Waals surface area (Å²) < 4.78 is 58.8. The van der Waals surface area contributed by atoms with Crippen molar-refractivity contribution in [2.45, 2.75) is 26.4 Å². The van der Waals surface area contributed by atoms with Crippen LogP contribution in [0.3, 0.4) is 0 Å². The molecule has 0 aliphatic heterocycles. The molecule has 1 unspecified atom stereocenters. The molecule has 0 radical (unpaired) electrons. The molecule has 1 amide bonds. The lowest BCUT2D eigenvalue weighted by molar-refractivity contribution is -0.925. The van der Waals surface area contributed by atoms with Crippen molar-refractivity contribution in [2.75, 3.05) is 19.0 Å². The number of likely N-dealkylation sites (N-methyl/N-ethyl adjacent to an activating group) is 1. The summed E-state index contributed by atoms with van der Waals surface area (Å²) in [5.41, 5.74) is 0.223. The second kappa shape index (κ2) is 8.85. The first-order valence-electron chi connectivity index (χ1n) is 8.39. The molecule has 0 saturated heterocycles. The Morgan fingerprint density at radius 2 is 1.81 bits per heavy atom. The minimum Gasteiger partial charge on any atom is -0.494 e. The molecule has 2 rings (SSSR count). The summed E-state index contributed by atoms with van der Waals surface area (Å²) >= 11 is 0. The monoisotopic (exact) mass is 385 g/mol. The van der Waals surface area contributed by atoms with Gasteiger partial charge in [0, 0.05) is 5.56 Å². The zero-order valence-corrected chi connectivity index (χ0v) is 15.2. The lowest BCUT2D eigenvalue weighted by Gasteiger charge is -2.24. The number of rotatable bonds is 7. The van der Waals surface area contributed by atoms with Crippen molar-refractivity contribution in [3.05, 3.63) is 59.2 Å². The van der Waals surface area contributed by atoms with Crippen molar-refractivity contribution in [3.63, 3.8) is 0 Å². The van der Waals surface area contributed by atoms with Gasteiger partial charge in [-0.3, -0.25) is 4.79 Å². The van der Waals surface area contributed by atoms with E-state index >= 15 is 0 Å². The fourth-order valence-corrected chi connectivity index (χ4v) is 2.72. The van der Waals surface area contributed by atoms with E-state index in [1.165, 1.54) is 19.2 Å². The number of hydrogen-bond acceptors (Lipinski definition) is 2. The predicted octanol–water partition coefficient (Wildman–Crippen LogP) is 2.68. The van der Waals surface area contributed by atoms with Gasteiger partial charge in [0.1, 0.15) is 6.54 Å². The van der Waals surface area contributed by atoms with Crippen molar-refractivity contribution in [2.24, 2.45) is 0 Å². The number of methoxy groups -OCH3 is 1. The number of halogens is 4. The molecule has 27 heavy (non-hydrogen) atoms. The Bertz CT molecular complexity index is 830. The zero-order chi connectivity index (χ0) is 20.1. The summed E-state index contributed by atoms with van der Waals surface area (Å²) in [5.74, 6) is -5.38. The lowest BCUT2D eigenvalue weighted by atomic mass is 10.1. The number of hydrogen-bond donors (Lipinski definition) is 2. The first kappa shape index (κ1) is 20.7. The smallest absolute Gasteiger partial charge is 0.282 e. The molecule has 2 atom stereocenters. The van der Waals surface area contributed by atoms with Gasteiger partial charge in [-0.1, -0.05) is 0 Å².